The van der Waals surface area contributed by atoms with E-state index < -0.39 is 5.91 Å². The number of primary amides is 1. The summed E-state index contributed by atoms with van der Waals surface area (Å²) in [6.07, 6.45) is 1.60. The fourth-order valence-corrected chi connectivity index (χ4v) is 4.40. The van der Waals surface area contributed by atoms with Crippen molar-refractivity contribution < 1.29 is 15.0 Å². The molecule has 1 amide bonds. The molecule has 0 aliphatic carbocycles. The Hall–Kier alpha value is -3.39. The maximum Gasteiger partial charge on any atom is 0.286 e. The summed E-state index contributed by atoms with van der Waals surface area (Å²) in [4.78, 5) is 14.5. The van der Waals surface area contributed by atoms with Gasteiger partial charge in [0.2, 0.25) is 5.82 Å². The van der Waals surface area contributed by atoms with Crippen LogP contribution in [-0.4, -0.2) is 48.9 Å². The van der Waals surface area contributed by atoms with Crippen LogP contribution >= 0.6 is 0 Å². The molecule has 168 valence electrons. The van der Waals surface area contributed by atoms with Crippen molar-refractivity contribution in [2.24, 2.45) is 5.73 Å². The maximum absolute atomic E-state index is 12.1. The number of aromatic hydroxyl groups is 2. The number of hydrogen-bond acceptors (Lipinski definition) is 6. The molecule has 0 saturated carbocycles. The van der Waals surface area contributed by atoms with Crippen molar-refractivity contribution in [2.75, 3.05) is 13.1 Å². The van der Waals surface area contributed by atoms with Gasteiger partial charge in [-0.05, 0) is 36.0 Å². The summed E-state index contributed by atoms with van der Waals surface area (Å²) in [5.74, 6) is -0.227. The first-order valence-electron chi connectivity index (χ1n) is 10.9. The first-order chi connectivity index (χ1) is 15.3. The third-order valence-electron chi connectivity index (χ3n) is 6.10. The Morgan fingerprint density at radius 1 is 1.09 bits per heavy atom. The molecule has 1 fully saturated rings. The first-order valence-corrected chi connectivity index (χ1v) is 10.9. The Bertz CT molecular complexity index is 1100. The number of carbonyl (C=O) groups is 1. The highest BCUT2D eigenvalue weighted by Gasteiger charge is 2.29. The van der Waals surface area contributed by atoms with Crippen LogP contribution in [0.4, 0.5) is 0 Å². The van der Waals surface area contributed by atoms with Crippen LogP contribution in [0.1, 0.15) is 60.4 Å². The molecule has 8 nitrogen and oxygen atoms in total. The number of carbonyl (C=O) groups excluding carboxylic acids is 1. The van der Waals surface area contributed by atoms with Crippen LogP contribution in [0.2, 0.25) is 0 Å². The Kier molecular flexibility index (Phi) is 6.14. The molecular weight excluding hydrogens is 406 g/mol. The molecule has 0 radical (unpaired) electrons. The van der Waals surface area contributed by atoms with Crippen molar-refractivity contribution in [2.45, 2.75) is 45.2 Å². The molecule has 1 aliphatic heterocycles. The van der Waals surface area contributed by atoms with Crippen molar-refractivity contribution in [3.63, 3.8) is 0 Å². The molecule has 4 rings (SSSR count). The van der Waals surface area contributed by atoms with E-state index in [4.69, 9.17) is 5.73 Å². The van der Waals surface area contributed by atoms with E-state index in [2.05, 4.69) is 27.2 Å². The summed E-state index contributed by atoms with van der Waals surface area (Å²) in [6, 6.07) is 13.3. The standard InChI is InChI=1S/C24H29N5O3/c1-15(2)18-12-19(21(31)13-20(18)30)23-26-27-24(22(25)32)29(23)17-8-10-28(11-9-17)14-16-6-4-3-5-7-16/h3-7,12-13,15,17,30-31H,8-11,14H2,1-2H3,(H2,25,32). The molecule has 4 N–H and O–H groups in total. The van der Waals surface area contributed by atoms with Gasteiger partial charge in [0.25, 0.3) is 5.91 Å². The minimum Gasteiger partial charge on any atom is -0.508 e. The van der Waals surface area contributed by atoms with Crippen LogP contribution in [-0.2, 0) is 6.54 Å². The molecule has 3 aromatic rings. The van der Waals surface area contributed by atoms with Crippen molar-refractivity contribution >= 4 is 5.91 Å². The number of phenolic OH excluding ortho intramolecular Hbond substituents is 2. The second-order valence-electron chi connectivity index (χ2n) is 8.66. The van der Waals surface area contributed by atoms with E-state index >= 15 is 0 Å². The van der Waals surface area contributed by atoms with Gasteiger partial charge in [0.1, 0.15) is 11.5 Å². The summed E-state index contributed by atoms with van der Waals surface area (Å²) in [5, 5.41) is 29.0. The molecule has 0 spiro atoms. The zero-order chi connectivity index (χ0) is 22.8. The molecule has 2 heterocycles. The maximum atomic E-state index is 12.1. The van der Waals surface area contributed by atoms with E-state index in [1.54, 1.807) is 10.6 Å². The lowest BCUT2D eigenvalue weighted by molar-refractivity contribution is 0.0978. The minimum absolute atomic E-state index is 0.0229. The predicted molar refractivity (Wildman–Crippen MR) is 121 cm³/mol. The number of nitrogens with zero attached hydrogens (tertiary/aromatic N) is 4. The van der Waals surface area contributed by atoms with Crippen LogP contribution < -0.4 is 5.73 Å². The van der Waals surface area contributed by atoms with Crippen LogP contribution in [0.3, 0.4) is 0 Å². The van der Waals surface area contributed by atoms with Gasteiger partial charge in [0.05, 0.1) is 5.56 Å². The quantitative estimate of drug-likeness (QED) is 0.546. The van der Waals surface area contributed by atoms with Crippen LogP contribution in [0.15, 0.2) is 42.5 Å². The van der Waals surface area contributed by atoms with E-state index in [9.17, 15) is 15.0 Å². The van der Waals surface area contributed by atoms with Crippen molar-refractivity contribution in [3.05, 3.63) is 59.4 Å². The fourth-order valence-electron chi connectivity index (χ4n) is 4.40. The predicted octanol–water partition coefficient (Wildman–Crippen LogP) is 3.42. The Morgan fingerprint density at radius 2 is 1.78 bits per heavy atom. The number of amides is 1. The van der Waals surface area contributed by atoms with Gasteiger partial charge in [-0.25, -0.2) is 0 Å². The van der Waals surface area contributed by atoms with E-state index in [0.717, 1.165) is 32.5 Å². The van der Waals surface area contributed by atoms with Crippen molar-refractivity contribution in [1.82, 2.24) is 19.7 Å². The number of nitrogens with two attached hydrogens (primary N) is 1. The fraction of sp³-hybridized carbons (Fsp3) is 0.375. The van der Waals surface area contributed by atoms with E-state index in [1.165, 1.54) is 11.6 Å². The summed E-state index contributed by atoms with van der Waals surface area (Å²) in [5.41, 5.74) is 7.99. The van der Waals surface area contributed by atoms with Crippen molar-refractivity contribution in [1.29, 1.82) is 0 Å². The SMILES string of the molecule is CC(C)c1cc(-c2nnc(C(N)=O)n2C2CCN(Cc3ccccc3)CC2)c(O)cc1O. The summed E-state index contributed by atoms with van der Waals surface area (Å²) in [6.45, 7) is 6.50. The number of rotatable bonds is 6. The normalized spacial score (nSPS) is 15.3. The molecule has 1 aromatic heterocycles. The van der Waals surface area contributed by atoms with Gasteiger partial charge >= 0.3 is 0 Å². The molecule has 2 aromatic carbocycles. The third kappa shape index (κ3) is 4.31. The highest BCUT2D eigenvalue weighted by molar-refractivity contribution is 5.90. The summed E-state index contributed by atoms with van der Waals surface area (Å²) < 4.78 is 1.76. The monoisotopic (exact) mass is 435 g/mol. The molecule has 0 unspecified atom stereocenters. The van der Waals surface area contributed by atoms with E-state index in [0.29, 0.717) is 17.0 Å². The highest BCUT2D eigenvalue weighted by Crippen LogP contribution is 2.39. The molecule has 1 aliphatic rings. The Morgan fingerprint density at radius 3 is 2.41 bits per heavy atom. The Balaban J connectivity index is 1.64. The van der Waals surface area contributed by atoms with Crippen LogP contribution in [0.25, 0.3) is 11.4 Å². The lowest BCUT2D eigenvalue weighted by atomic mass is 9.98. The average Bonchev–Trinajstić information content (AvgIpc) is 3.20. The number of likely N-dealkylation sites (tertiary alicyclic amines) is 1. The summed E-state index contributed by atoms with van der Waals surface area (Å²) in [7, 11) is 0. The van der Waals surface area contributed by atoms with Gasteiger partial charge in [0.15, 0.2) is 5.82 Å². The second kappa shape index (κ2) is 9.00. The topological polar surface area (TPSA) is 118 Å². The van der Waals surface area contributed by atoms with Crippen LogP contribution in [0, 0.1) is 0 Å². The molecule has 32 heavy (non-hydrogen) atoms. The van der Waals surface area contributed by atoms with Gasteiger partial charge in [0, 0.05) is 31.7 Å². The number of aromatic nitrogens is 3. The largest absolute Gasteiger partial charge is 0.508 e. The van der Waals surface area contributed by atoms with E-state index in [1.807, 2.05) is 32.0 Å². The zero-order valence-corrected chi connectivity index (χ0v) is 18.4. The number of hydrogen-bond donors (Lipinski definition) is 3. The molecular formula is C24H29N5O3. The molecule has 8 heteroatoms. The lowest BCUT2D eigenvalue weighted by Crippen LogP contribution is -2.35. The lowest BCUT2D eigenvalue weighted by Gasteiger charge is -2.33. The number of piperidine rings is 1. The van der Waals surface area contributed by atoms with Gasteiger partial charge in [-0.15, -0.1) is 10.2 Å². The Labute approximate surface area is 187 Å². The molecule has 0 atom stereocenters. The average molecular weight is 436 g/mol. The third-order valence-corrected chi connectivity index (χ3v) is 6.10. The van der Waals surface area contributed by atoms with Gasteiger partial charge in [-0.1, -0.05) is 44.2 Å². The van der Waals surface area contributed by atoms with E-state index in [-0.39, 0.29) is 29.3 Å². The second-order valence-corrected chi connectivity index (χ2v) is 8.66. The first kappa shape index (κ1) is 21.8. The smallest absolute Gasteiger partial charge is 0.286 e. The number of benzene rings is 2. The van der Waals surface area contributed by atoms with Gasteiger partial charge < -0.3 is 15.9 Å². The summed E-state index contributed by atoms with van der Waals surface area (Å²) >= 11 is 0. The number of phenols is 2. The van der Waals surface area contributed by atoms with Gasteiger partial charge in [-0.3, -0.25) is 14.3 Å². The minimum atomic E-state index is -0.655. The zero-order valence-electron chi connectivity index (χ0n) is 18.4. The van der Waals surface area contributed by atoms with Crippen molar-refractivity contribution in [3.8, 4) is 22.9 Å². The highest BCUT2D eigenvalue weighted by atomic mass is 16.3. The molecule has 1 saturated heterocycles. The van der Waals surface area contributed by atoms with Crippen LogP contribution in [0.5, 0.6) is 11.5 Å². The molecule has 0 bridgehead atoms. The van der Waals surface area contributed by atoms with Gasteiger partial charge in [-0.2, -0.15) is 0 Å².